The summed E-state index contributed by atoms with van der Waals surface area (Å²) in [6.45, 7) is 0. The van der Waals surface area contributed by atoms with Crippen LogP contribution >= 0.6 is 0 Å². The monoisotopic (exact) mass is 375 g/mol. The maximum Gasteiger partial charge on any atom is 0.223 e. The number of phenols is 1. The average Bonchev–Trinajstić information content (AvgIpc) is 3.11. The molecule has 0 spiro atoms. The number of rotatable bonds is 3. The van der Waals surface area contributed by atoms with Gasteiger partial charge >= 0.3 is 0 Å². The van der Waals surface area contributed by atoms with Gasteiger partial charge in [0.15, 0.2) is 11.5 Å². The molecule has 5 rings (SSSR count). The third kappa shape index (κ3) is 2.22. The Balaban J connectivity index is 1.82. The van der Waals surface area contributed by atoms with E-state index in [0.29, 0.717) is 17.9 Å². The van der Waals surface area contributed by atoms with E-state index in [2.05, 4.69) is 30.3 Å². The van der Waals surface area contributed by atoms with Crippen molar-refractivity contribution >= 4 is 16.7 Å². The lowest BCUT2D eigenvalue weighted by atomic mass is 9.83. The molecule has 2 heterocycles. The predicted molar refractivity (Wildman–Crippen MR) is 106 cm³/mol. The summed E-state index contributed by atoms with van der Waals surface area (Å²) < 4.78 is 10.7. The number of carbonyl (C=O) groups excluding carboxylic acids is 1. The Morgan fingerprint density at radius 2 is 1.64 bits per heavy atom. The van der Waals surface area contributed by atoms with E-state index in [1.807, 2.05) is 11.0 Å². The smallest absolute Gasteiger partial charge is 0.223 e. The van der Waals surface area contributed by atoms with E-state index < -0.39 is 0 Å². The van der Waals surface area contributed by atoms with E-state index >= 15 is 0 Å². The van der Waals surface area contributed by atoms with Crippen molar-refractivity contribution in [3.63, 3.8) is 0 Å². The van der Waals surface area contributed by atoms with Gasteiger partial charge in [-0.25, -0.2) is 0 Å². The fourth-order valence-electron chi connectivity index (χ4n) is 4.80. The van der Waals surface area contributed by atoms with Crippen molar-refractivity contribution in [1.82, 2.24) is 4.90 Å². The van der Waals surface area contributed by atoms with E-state index in [1.165, 1.54) is 30.6 Å². The van der Waals surface area contributed by atoms with Gasteiger partial charge in [0.2, 0.25) is 11.7 Å². The van der Waals surface area contributed by atoms with Gasteiger partial charge < -0.3 is 19.5 Å². The molecule has 0 aliphatic carbocycles. The molecule has 1 amide bonds. The highest BCUT2D eigenvalue weighted by Crippen LogP contribution is 2.52. The maximum atomic E-state index is 12.9. The zero-order valence-corrected chi connectivity index (χ0v) is 15.8. The lowest BCUT2D eigenvalue weighted by molar-refractivity contribution is -0.130. The van der Waals surface area contributed by atoms with Crippen LogP contribution in [0.3, 0.4) is 0 Å². The minimum atomic E-state index is -0.248. The molecule has 1 saturated heterocycles. The number of ether oxygens (including phenoxy) is 2. The third-order valence-electron chi connectivity index (χ3n) is 5.97. The van der Waals surface area contributed by atoms with Gasteiger partial charge in [0.05, 0.1) is 26.3 Å². The number of amides is 1. The lowest BCUT2D eigenvalue weighted by Gasteiger charge is -2.40. The van der Waals surface area contributed by atoms with E-state index in [9.17, 15) is 9.90 Å². The van der Waals surface area contributed by atoms with Crippen molar-refractivity contribution in [1.29, 1.82) is 0 Å². The summed E-state index contributed by atoms with van der Waals surface area (Å²) in [7, 11) is 3.03. The number of aromatic hydroxyl groups is 1. The van der Waals surface area contributed by atoms with Crippen molar-refractivity contribution in [2.75, 3.05) is 14.2 Å². The minimum Gasteiger partial charge on any atom is -0.502 e. The average molecular weight is 375 g/mol. The van der Waals surface area contributed by atoms with Crippen LogP contribution in [0.15, 0.2) is 48.5 Å². The summed E-state index contributed by atoms with van der Waals surface area (Å²) in [5.74, 6) is 0.784. The third-order valence-corrected chi connectivity index (χ3v) is 5.97. The van der Waals surface area contributed by atoms with E-state index in [-0.39, 0.29) is 23.7 Å². The van der Waals surface area contributed by atoms with Gasteiger partial charge in [0, 0.05) is 6.42 Å². The quantitative estimate of drug-likeness (QED) is 0.740. The molecule has 2 aliphatic rings. The van der Waals surface area contributed by atoms with Crippen LogP contribution in [0.2, 0.25) is 0 Å². The highest BCUT2D eigenvalue weighted by molar-refractivity contribution is 5.94. The van der Waals surface area contributed by atoms with Gasteiger partial charge in [-0.15, -0.1) is 0 Å². The molecule has 0 bridgehead atoms. The molecule has 2 atom stereocenters. The van der Waals surface area contributed by atoms with Gasteiger partial charge in [0.25, 0.3) is 0 Å². The zero-order valence-electron chi connectivity index (χ0n) is 15.8. The first kappa shape index (κ1) is 16.9. The molecule has 0 aromatic heterocycles. The van der Waals surface area contributed by atoms with E-state index in [4.69, 9.17) is 9.47 Å². The second-order valence-electron chi connectivity index (χ2n) is 7.32. The number of methoxy groups -OCH3 is 2. The SMILES string of the molecule is COc1cc([C@H]2c3cccc4cccc(c34)[C@@H]3CCC(=O)N23)cc(OC)c1O. The van der Waals surface area contributed by atoms with Crippen molar-refractivity contribution < 1.29 is 19.4 Å². The first-order valence-electron chi connectivity index (χ1n) is 9.41. The number of fused-ring (bicyclic) bond motifs is 2. The fraction of sp³-hybridized carbons (Fsp3) is 0.261. The second-order valence-corrected chi connectivity index (χ2v) is 7.32. The first-order valence-corrected chi connectivity index (χ1v) is 9.41. The zero-order chi connectivity index (χ0) is 19.4. The molecular formula is C23H21NO4. The number of phenolic OH excluding ortho intramolecular Hbond substituents is 1. The molecule has 5 nitrogen and oxygen atoms in total. The topological polar surface area (TPSA) is 59.0 Å². The number of hydrogen-bond acceptors (Lipinski definition) is 4. The van der Waals surface area contributed by atoms with Crippen LogP contribution < -0.4 is 9.47 Å². The maximum absolute atomic E-state index is 12.9. The second kappa shape index (κ2) is 6.16. The van der Waals surface area contributed by atoms with Gasteiger partial charge in [-0.1, -0.05) is 36.4 Å². The van der Waals surface area contributed by atoms with E-state index in [1.54, 1.807) is 12.1 Å². The fourth-order valence-corrected chi connectivity index (χ4v) is 4.80. The molecule has 142 valence electrons. The van der Waals surface area contributed by atoms with Crippen molar-refractivity contribution in [2.24, 2.45) is 0 Å². The molecule has 0 saturated carbocycles. The molecule has 0 radical (unpaired) electrons. The Labute approximate surface area is 163 Å². The van der Waals surface area contributed by atoms with E-state index in [0.717, 1.165) is 17.5 Å². The Hall–Kier alpha value is -3.21. The number of nitrogens with zero attached hydrogens (tertiary/aromatic N) is 1. The van der Waals surface area contributed by atoms with Crippen molar-refractivity contribution in [3.8, 4) is 17.2 Å². The Kier molecular flexibility index (Phi) is 3.72. The normalized spacial score (nSPS) is 20.4. The molecule has 1 fully saturated rings. The van der Waals surface area contributed by atoms with Crippen LogP contribution in [0.4, 0.5) is 0 Å². The Bertz CT molecular complexity index is 1080. The Morgan fingerprint density at radius 1 is 1.00 bits per heavy atom. The molecular weight excluding hydrogens is 354 g/mol. The first-order chi connectivity index (χ1) is 13.6. The molecule has 3 aromatic rings. The molecule has 0 unspecified atom stereocenters. The van der Waals surface area contributed by atoms with Gasteiger partial charge in [-0.2, -0.15) is 0 Å². The van der Waals surface area contributed by atoms with Gasteiger partial charge in [-0.3, -0.25) is 4.79 Å². The highest BCUT2D eigenvalue weighted by Gasteiger charge is 2.43. The summed E-state index contributed by atoms with van der Waals surface area (Å²) in [6, 6.07) is 16.0. The van der Waals surface area contributed by atoms with Crippen LogP contribution in [-0.4, -0.2) is 30.1 Å². The summed E-state index contributed by atoms with van der Waals surface area (Å²) in [6.07, 6.45) is 1.35. The van der Waals surface area contributed by atoms with Crippen LogP contribution in [0, 0.1) is 0 Å². The summed E-state index contributed by atoms with van der Waals surface area (Å²) >= 11 is 0. The lowest BCUT2D eigenvalue weighted by Crippen LogP contribution is -2.36. The molecule has 2 aliphatic heterocycles. The van der Waals surface area contributed by atoms with Crippen molar-refractivity contribution in [3.05, 3.63) is 65.2 Å². The summed E-state index contributed by atoms with van der Waals surface area (Å²) in [5, 5.41) is 12.7. The molecule has 28 heavy (non-hydrogen) atoms. The van der Waals surface area contributed by atoms with Crippen LogP contribution in [0.5, 0.6) is 17.2 Å². The number of carbonyl (C=O) groups is 1. The van der Waals surface area contributed by atoms with Crippen LogP contribution in [0.25, 0.3) is 10.8 Å². The highest BCUT2D eigenvalue weighted by atomic mass is 16.5. The number of hydrogen-bond donors (Lipinski definition) is 1. The van der Waals surface area contributed by atoms with Crippen LogP contribution in [0.1, 0.15) is 41.6 Å². The molecule has 5 heteroatoms. The molecule has 1 N–H and O–H groups in total. The van der Waals surface area contributed by atoms with Crippen LogP contribution in [-0.2, 0) is 4.79 Å². The Morgan fingerprint density at radius 3 is 2.29 bits per heavy atom. The summed E-state index contributed by atoms with van der Waals surface area (Å²) in [5.41, 5.74) is 3.18. The van der Waals surface area contributed by atoms with Gasteiger partial charge in [-0.05, 0) is 46.0 Å². The predicted octanol–water partition coefficient (Wildman–Crippen LogP) is 4.33. The largest absolute Gasteiger partial charge is 0.502 e. The standard InChI is InChI=1S/C23H21NO4/c1-27-18-11-14(12-19(28-2)23(18)26)22-16-8-4-6-13-5-3-7-15(21(13)16)17-9-10-20(25)24(17)22/h3-8,11-12,17,22,26H,9-10H2,1-2H3/t17-,22-/m0/s1. The van der Waals surface area contributed by atoms with Gasteiger partial charge in [0.1, 0.15) is 0 Å². The summed E-state index contributed by atoms with van der Waals surface area (Å²) in [4.78, 5) is 14.9. The van der Waals surface area contributed by atoms with Crippen molar-refractivity contribution in [2.45, 2.75) is 24.9 Å². The molecule has 3 aromatic carbocycles. The number of benzene rings is 3. The minimum absolute atomic E-state index is 0.0348.